The van der Waals surface area contributed by atoms with Gasteiger partial charge in [0.05, 0.1) is 0 Å². The number of hydrogen-bond acceptors (Lipinski definition) is 7. The Balaban J connectivity index is 1.74. The number of carbonyl (C=O) groups is 1. The normalized spacial score (nSPS) is 9.97. The van der Waals surface area contributed by atoms with Gasteiger partial charge in [-0.2, -0.15) is 4.98 Å². The molecule has 9 heteroatoms. The minimum Gasteiger partial charge on any atom is -0.465 e. The van der Waals surface area contributed by atoms with E-state index in [0.29, 0.717) is 30.4 Å². The molecule has 0 aliphatic carbocycles. The first-order chi connectivity index (χ1) is 14.1. The zero-order chi connectivity index (χ0) is 20.5. The van der Waals surface area contributed by atoms with Gasteiger partial charge in [-0.05, 0) is 42.2 Å². The van der Waals surface area contributed by atoms with E-state index in [-0.39, 0.29) is 6.61 Å². The Morgan fingerprint density at radius 2 is 2.03 bits per heavy atom. The SMILES string of the molecule is O=C(O)NCCc1cccc(Nc2ncnc(-c3ccnc(C#CCO)c3)n2)c1. The minimum absolute atomic E-state index is 0.239. The molecule has 0 bridgehead atoms. The Morgan fingerprint density at radius 3 is 2.86 bits per heavy atom. The number of aliphatic hydroxyl groups is 1. The van der Waals surface area contributed by atoms with E-state index in [2.05, 4.69) is 42.4 Å². The highest BCUT2D eigenvalue weighted by Crippen LogP contribution is 2.18. The average molecular weight is 390 g/mol. The molecule has 0 spiro atoms. The molecule has 9 nitrogen and oxygen atoms in total. The van der Waals surface area contributed by atoms with Crippen molar-refractivity contribution in [2.75, 3.05) is 18.5 Å². The maximum absolute atomic E-state index is 10.6. The summed E-state index contributed by atoms with van der Waals surface area (Å²) in [7, 11) is 0. The monoisotopic (exact) mass is 390 g/mol. The van der Waals surface area contributed by atoms with E-state index >= 15 is 0 Å². The Labute approximate surface area is 166 Å². The van der Waals surface area contributed by atoms with Gasteiger partial charge in [0, 0.05) is 24.0 Å². The Bertz CT molecular complexity index is 1060. The van der Waals surface area contributed by atoms with E-state index in [9.17, 15) is 4.79 Å². The highest BCUT2D eigenvalue weighted by molar-refractivity contribution is 5.64. The van der Waals surface area contributed by atoms with Crippen LogP contribution in [0.3, 0.4) is 0 Å². The fraction of sp³-hybridized carbons (Fsp3) is 0.150. The fourth-order valence-corrected chi connectivity index (χ4v) is 2.51. The standard InChI is InChI=1S/C20H18N6O3/c27-10-2-5-16-12-15(7-9-21-16)18-23-13-24-19(26-18)25-17-4-1-3-14(11-17)6-8-22-20(28)29/h1,3-4,7,9,11-13,22,27H,6,8,10H2,(H,28,29)(H,23,24,25,26). The quantitative estimate of drug-likeness (QED) is 0.469. The topological polar surface area (TPSA) is 133 Å². The molecule has 1 amide bonds. The number of aliphatic hydroxyl groups excluding tert-OH is 1. The van der Waals surface area contributed by atoms with Crippen molar-refractivity contribution < 1.29 is 15.0 Å². The summed E-state index contributed by atoms with van der Waals surface area (Å²) in [6.07, 6.45) is 2.53. The van der Waals surface area contributed by atoms with Gasteiger partial charge in [0.1, 0.15) is 18.6 Å². The molecular weight excluding hydrogens is 372 g/mol. The number of benzene rings is 1. The van der Waals surface area contributed by atoms with Crippen LogP contribution in [0, 0.1) is 11.8 Å². The van der Waals surface area contributed by atoms with Crippen molar-refractivity contribution in [3.63, 3.8) is 0 Å². The molecule has 0 aliphatic heterocycles. The van der Waals surface area contributed by atoms with Gasteiger partial charge in [0.2, 0.25) is 5.95 Å². The molecule has 146 valence electrons. The van der Waals surface area contributed by atoms with E-state index < -0.39 is 6.09 Å². The number of aromatic nitrogens is 4. The molecule has 4 N–H and O–H groups in total. The largest absolute Gasteiger partial charge is 0.465 e. The number of nitrogens with one attached hydrogen (secondary N) is 2. The molecule has 3 rings (SSSR count). The molecule has 1 aromatic carbocycles. The zero-order valence-electron chi connectivity index (χ0n) is 15.3. The summed E-state index contributed by atoms with van der Waals surface area (Å²) in [5.41, 5.74) is 2.98. The van der Waals surface area contributed by atoms with Crippen LogP contribution in [0.4, 0.5) is 16.4 Å². The molecule has 0 aliphatic rings. The number of anilines is 2. The lowest BCUT2D eigenvalue weighted by atomic mass is 10.1. The van der Waals surface area contributed by atoms with Crippen LogP contribution in [0.1, 0.15) is 11.3 Å². The lowest BCUT2D eigenvalue weighted by Crippen LogP contribution is -2.23. The van der Waals surface area contributed by atoms with Crippen molar-refractivity contribution in [3.8, 4) is 23.2 Å². The van der Waals surface area contributed by atoms with Gasteiger partial charge < -0.3 is 20.8 Å². The first kappa shape index (κ1) is 19.7. The third kappa shape index (κ3) is 5.98. The second-order valence-corrected chi connectivity index (χ2v) is 5.83. The van der Waals surface area contributed by atoms with Gasteiger partial charge in [0.25, 0.3) is 0 Å². The second kappa shape index (κ2) is 9.77. The lowest BCUT2D eigenvalue weighted by Gasteiger charge is -2.08. The minimum atomic E-state index is -1.04. The van der Waals surface area contributed by atoms with Crippen molar-refractivity contribution in [1.82, 2.24) is 25.3 Å². The van der Waals surface area contributed by atoms with Crippen LogP contribution >= 0.6 is 0 Å². The van der Waals surface area contributed by atoms with Gasteiger partial charge in [-0.1, -0.05) is 18.1 Å². The molecule has 0 atom stereocenters. The summed E-state index contributed by atoms with van der Waals surface area (Å²) in [5.74, 6) is 6.13. The first-order valence-corrected chi connectivity index (χ1v) is 8.72. The van der Waals surface area contributed by atoms with E-state index in [0.717, 1.165) is 16.8 Å². The fourth-order valence-electron chi connectivity index (χ4n) is 2.51. The van der Waals surface area contributed by atoms with Crippen LogP contribution in [0.25, 0.3) is 11.4 Å². The van der Waals surface area contributed by atoms with E-state index in [1.807, 2.05) is 24.3 Å². The van der Waals surface area contributed by atoms with Crippen molar-refractivity contribution in [2.45, 2.75) is 6.42 Å². The molecule has 0 saturated heterocycles. The van der Waals surface area contributed by atoms with Gasteiger partial charge in [0.15, 0.2) is 5.82 Å². The summed E-state index contributed by atoms with van der Waals surface area (Å²) in [4.78, 5) is 27.4. The number of hydrogen-bond donors (Lipinski definition) is 4. The van der Waals surface area contributed by atoms with Gasteiger partial charge in [-0.15, -0.1) is 0 Å². The molecule has 29 heavy (non-hydrogen) atoms. The molecule has 0 saturated carbocycles. The van der Waals surface area contributed by atoms with E-state index in [1.165, 1.54) is 6.33 Å². The highest BCUT2D eigenvalue weighted by atomic mass is 16.4. The maximum Gasteiger partial charge on any atom is 0.404 e. The highest BCUT2D eigenvalue weighted by Gasteiger charge is 2.06. The van der Waals surface area contributed by atoms with Crippen molar-refractivity contribution >= 4 is 17.7 Å². The maximum atomic E-state index is 10.6. The van der Waals surface area contributed by atoms with Crippen LogP contribution in [0.5, 0.6) is 0 Å². The Morgan fingerprint density at radius 1 is 1.14 bits per heavy atom. The average Bonchev–Trinajstić information content (AvgIpc) is 2.73. The van der Waals surface area contributed by atoms with Crippen LogP contribution < -0.4 is 10.6 Å². The summed E-state index contributed by atoms with van der Waals surface area (Å²) >= 11 is 0. The first-order valence-electron chi connectivity index (χ1n) is 8.72. The molecular formula is C20H18N6O3. The van der Waals surface area contributed by atoms with Crippen LogP contribution in [0.15, 0.2) is 48.9 Å². The Hall–Kier alpha value is -4.03. The molecule has 2 heterocycles. The molecule has 0 fully saturated rings. The lowest BCUT2D eigenvalue weighted by molar-refractivity contribution is 0.194. The second-order valence-electron chi connectivity index (χ2n) is 5.83. The predicted octanol–water partition coefficient (Wildman–Crippen LogP) is 1.83. The van der Waals surface area contributed by atoms with Crippen molar-refractivity contribution in [1.29, 1.82) is 0 Å². The zero-order valence-corrected chi connectivity index (χ0v) is 15.3. The summed E-state index contributed by atoms with van der Waals surface area (Å²) in [6, 6.07) is 11.1. The third-order valence-corrected chi connectivity index (χ3v) is 3.76. The smallest absolute Gasteiger partial charge is 0.404 e. The molecule has 0 unspecified atom stereocenters. The van der Waals surface area contributed by atoms with Gasteiger partial charge in [-0.25, -0.2) is 19.7 Å². The van der Waals surface area contributed by atoms with Gasteiger partial charge in [-0.3, -0.25) is 0 Å². The van der Waals surface area contributed by atoms with Crippen LogP contribution in [-0.4, -0.2) is 49.4 Å². The van der Waals surface area contributed by atoms with Crippen molar-refractivity contribution in [2.24, 2.45) is 0 Å². The van der Waals surface area contributed by atoms with Gasteiger partial charge >= 0.3 is 6.09 Å². The number of nitrogens with zero attached hydrogens (tertiary/aromatic N) is 4. The summed E-state index contributed by atoms with van der Waals surface area (Å²) < 4.78 is 0. The predicted molar refractivity (Wildman–Crippen MR) is 106 cm³/mol. The van der Waals surface area contributed by atoms with Crippen LogP contribution in [-0.2, 0) is 6.42 Å². The Kier molecular flexibility index (Phi) is 6.65. The molecule has 2 aromatic heterocycles. The number of carboxylic acid groups (broad SMARTS) is 1. The summed E-state index contributed by atoms with van der Waals surface area (Å²) in [6.45, 7) is 0.0927. The summed E-state index contributed by atoms with van der Waals surface area (Å²) in [5, 5.41) is 22.9. The van der Waals surface area contributed by atoms with E-state index in [1.54, 1.807) is 18.3 Å². The molecule has 3 aromatic rings. The number of pyridine rings is 1. The third-order valence-electron chi connectivity index (χ3n) is 3.76. The number of amides is 1. The van der Waals surface area contributed by atoms with E-state index in [4.69, 9.17) is 10.2 Å². The van der Waals surface area contributed by atoms with Crippen LogP contribution in [0.2, 0.25) is 0 Å². The number of rotatable bonds is 6. The molecule has 0 radical (unpaired) electrons. The van der Waals surface area contributed by atoms with Crippen molar-refractivity contribution in [3.05, 3.63) is 60.2 Å².